The summed E-state index contributed by atoms with van der Waals surface area (Å²) in [5, 5.41) is -0.340. The molecule has 1 heterocycles. The molecular formula is C10H22N2O2S. The molecular weight excluding hydrogens is 212 g/mol. The highest BCUT2D eigenvalue weighted by Gasteiger charge is 2.27. The lowest BCUT2D eigenvalue weighted by molar-refractivity contribution is 0.178. The zero-order chi connectivity index (χ0) is 11.6. The van der Waals surface area contributed by atoms with Gasteiger partial charge in [-0.1, -0.05) is 0 Å². The van der Waals surface area contributed by atoms with Crippen molar-refractivity contribution in [3.8, 4) is 0 Å². The van der Waals surface area contributed by atoms with Gasteiger partial charge in [0.25, 0.3) is 0 Å². The van der Waals surface area contributed by atoms with Crippen molar-refractivity contribution in [1.82, 2.24) is 9.62 Å². The number of rotatable bonds is 3. The van der Waals surface area contributed by atoms with E-state index in [2.05, 4.69) is 23.6 Å². The summed E-state index contributed by atoms with van der Waals surface area (Å²) >= 11 is 0. The summed E-state index contributed by atoms with van der Waals surface area (Å²) in [6, 6.07) is 0.571. The van der Waals surface area contributed by atoms with Gasteiger partial charge in [0, 0.05) is 12.1 Å². The van der Waals surface area contributed by atoms with E-state index in [1.807, 2.05) is 0 Å². The highest BCUT2D eigenvalue weighted by molar-refractivity contribution is 7.90. The Hall–Kier alpha value is -0.130. The van der Waals surface area contributed by atoms with E-state index >= 15 is 0 Å². The lowest BCUT2D eigenvalue weighted by Crippen LogP contribution is -2.48. The van der Waals surface area contributed by atoms with Gasteiger partial charge < -0.3 is 4.90 Å². The molecule has 0 bridgehead atoms. The van der Waals surface area contributed by atoms with E-state index in [0.29, 0.717) is 6.04 Å². The minimum atomic E-state index is -3.11. The summed E-state index contributed by atoms with van der Waals surface area (Å²) in [4.78, 5) is 2.26. The van der Waals surface area contributed by atoms with Crippen molar-refractivity contribution in [2.45, 2.75) is 50.9 Å². The quantitative estimate of drug-likeness (QED) is 0.785. The smallest absolute Gasteiger partial charge is 0.214 e. The van der Waals surface area contributed by atoms with Crippen LogP contribution in [-0.4, -0.2) is 44.2 Å². The van der Waals surface area contributed by atoms with Crippen LogP contribution in [0.5, 0.6) is 0 Å². The minimum Gasteiger partial charge on any atom is -0.304 e. The van der Waals surface area contributed by atoms with Crippen LogP contribution >= 0.6 is 0 Å². The van der Waals surface area contributed by atoms with E-state index in [4.69, 9.17) is 0 Å². The van der Waals surface area contributed by atoms with Crippen molar-refractivity contribution in [1.29, 1.82) is 0 Å². The third-order valence-corrected chi connectivity index (χ3v) is 5.06. The van der Waals surface area contributed by atoms with Crippen LogP contribution in [0, 0.1) is 0 Å². The first-order valence-corrected chi connectivity index (χ1v) is 7.09. The van der Waals surface area contributed by atoms with Gasteiger partial charge in [-0.2, -0.15) is 0 Å². The Morgan fingerprint density at radius 3 is 2.47 bits per heavy atom. The molecule has 1 aliphatic heterocycles. The number of sulfonamides is 1. The van der Waals surface area contributed by atoms with Crippen LogP contribution in [0.1, 0.15) is 33.6 Å². The molecule has 1 rings (SSSR count). The van der Waals surface area contributed by atoms with Gasteiger partial charge in [0.15, 0.2) is 0 Å². The van der Waals surface area contributed by atoms with Gasteiger partial charge in [-0.15, -0.1) is 0 Å². The lowest BCUT2D eigenvalue weighted by Gasteiger charge is -2.35. The molecule has 0 aliphatic carbocycles. The van der Waals surface area contributed by atoms with Crippen molar-refractivity contribution in [2.75, 3.05) is 13.6 Å². The number of nitrogens with zero attached hydrogens (tertiary/aromatic N) is 1. The number of hydrogen-bond donors (Lipinski definition) is 1. The van der Waals surface area contributed by atoms with Crippen molar-refractivity contribution in [2.24, 2.45) is 0 Å². The molecule has 0 aromatic rings. The number of piperidine rings is 1. The van der Waals surface area contributed by atoms with Gasteiger partial charge in [0.05, 0.1) is 5.25 Å². The normalized spacial score (nSPS) is 29.7. The molecule has 1 fully saturated rings. The standard InChI is InChI=1S/C10H22N2O2S/c1-8(2)15(13,14)11-10-5-6-12(4)9(3)7-10/h8-11H,5-7H2,1-4H3. The third-order valence-electron chi connectivity index (χ3n) is 3.16. The van der Waals surface area contributed by atoms with Gasteiger partial charge in [-0.25, -0.2) is 13.1 Å². The van der Waals surface area contributed by atoms with E-state index < -0.39 is 10.0 Å². The first-order valence-electron chi connectivity index (χ1n) is 5.54. The van der Waals surface area contributed by atoms with E-state index in [0.717, 1.165) is 19.4 Å². The summed E-state index contributed by atoms with van der Waals surface area (Å²) < 4.78 is 26.1. The van der Waals surface area contributed by atoms with Crippen LogP contribution < -0.4 is 4.72 Å². The molecule has 1 N–H and O–H groups in total. The van der Waals surface area contributed by atoms with Crippen LogP contribution in [0.2, 0.25) is 0 Å². The Morgan fingerprint density at radius 2 is 2.00 bits per heavy atom. The molecule has 0 radical (unpaired) electrons. The average molecular weight is 234 g/mol. The molecule has 4 nitrogen and oxygen atoms in total. The molecule has 0 saturated carbocycles. The Morgan fingerprint density at radius 1 is 1.40 bits per heavy atom. The summed E-state index contributed by atoms with van der Waals surface area (Å²) in [6.07, 6.45) is 1.81. The fourth-order valence-electron chi connectivity index (χ4n) is 1.76. The van der Waals surface area contributed by atoms with Crippen molar-refractivity contribution >= 4 is 10.0 Å². The zero-order valence-electron chi connectivity index (χ0n) is 10.0. The second-order valence-corrected chi connectivity index (χ2v) is 7.03. The predicted octanol–water partition coefficient (Wildman–Crippen LogP) is 0.797. The van der Waals surface area contributed by atoms with Crippen LogP contribution in [0.15, 0.2) is 0 Å². The molecule has 1 saturated heterocycles. The maximum atomic E-state index is 11.7. The highest BCUT2D eigenvalue weighted by Crippen LogP contribution is 2.16. The second-order valence-electron chi connectivity index (χ2n) is 4.76. The summed E-state index contributed by atoms with van der Waals surface area (Å²) in [5.74, 6) is 0. The number of nitrogens with one attached hydrogen (secondary N) is 1. The molecule has 15 heavy (non-hydrogen) atoms. The number of likely N-dealkylation sites (tertiary alicyclic amines) is 1. The SMILES string of the molecule is CC1CC(NS(=O)(=O)C(C)C)CCN1C. The Balaban J connectivity index is 2.54. The molecule has 0 spiro atoms. The van der Waals surface area contributed by atoms with E-state index in [-0.39, 0.29) is 11.3 Å². The second kappa shape index (κ2) is 4.80. The molecule has 2 atom stereocenters. The first-order chi connectivity index (χ1) is 6.83. The van der Waals surface area contributed by atoms with Gasteiger partial charge in [0.2, 0.25) is 10.0 Å². The Labute approximate surface area is 93.1 Å². The van der Waals surface area contributed by atoms with E-state index in [1.165, 1.54) is 0 Å². The summed E-state index contributed by atoms with van der Waals surface area (Å²) in [6.45, 7) is 6.52. The largest absolute Gasteiger partial charge is 0.304 e. The van der Waals surface area contributed by atoms with Crippen LogP contribution in [-0.2, 0) is 10.0 Å². The van der Waals surface area contributed by atoms with E-state index in [1.54, 1.807) is 13.8 Å². The predicted molar refractivity (Wildman–Crippen MR) is 62.3 cm³/mol. The molecule has 2 unspecified atom stereocenters. The van der Waals surface area contributed by atoms with Gasteiger partial charge in [-0.3, -0.25) is 0 Å². The van der Waals surface area contributed by atoms with Gasteiger partial charge in [-0.05, 0) is 47.2 Å². The molecule has 5 heteroatoms. The first kappa shape index (κ1) is 12.9. The third kappa shape index (κ3) is 3.43. The van der Waals surface area contributed by atoms with Gasteiger partial charge in [0.1, 0.15) is 0 Å². The summed E-state index contributed by atoms with van der Waals surface area (Å²) in [5.41, 5.74) is 0. The molecule has 0 aromatic carbocycles. The van der Waals surface area contributed by atoms with Crippen molar-refractivity contribution in [3.63, 3.8) is 0 Å². The maximum absolute atomic E-state index is 11.7. The molecule has 0 aromatic heterocycles. The average Bonchev–Trinajstić information content (AvgIpc) is 2.10. The lowest BCUT2D eigenvalue weighted by atomic mass is 10.0. The summed E-state index contributed by atoms with van der Waals surface area (Å²) in [7, 11) is -1.03. The topological polar surface area (TPSA) is 49.4 Å². The van der Waals surface area contributed by atoms with E-state index in [9.17, 15) is 8.42 Å². The van der Waals surface area contributed by atoms with Crippen LogP contribution in [0.25, 0.3) is 0 Å². The molecule has 90 valence electrons. The van der Waals surface area contributed by atoms with Crippen LogP contribution in [0.4, 0.5) is 0 Å². The maximum Gasteiger partial charge on any atom is 0.214 e. The monoisotopic (exact) mass is 234 g/mol. The molecule has 0 amide bonds. The fourth-order valence-corrected chi connectivity index (χ4v) is 2.72. The van der Waals surface area contributed by atoms with Crippen molar-refractivity contribution < 1.29 is 8.42 Å². The zero-order valence-corrected chi connectivity index (χ0v) is 10.8. The highest BCUT2D eigenvalue weighted by atomic mass is 32.2. The van der Waals surface area contributed by atoms with Crippen LogP contribution in [0.3, 0.4) is 0 Å². The van der Waals surface area contributed by atoms with Gasteiger partial charge >= 0.3 is 0 Å². The molecule has 1 aliphatic rings. The Bertz CT molecular complexity index is 301. The minimum absolute atomic E-state index is 0.114. The number of hydrogen-bond acceptors (Lipinski definition) is 3. The fraction of sp³-hybridized carbons (Fsp3) is 1.00. The Kier molecular flexibility index (Phi) is 4.14. The van der Waals surface area contributed by atoms with Crippen molar-refractivity contribution in [3.05, 3.63) is 0 Å².